The average Bonchev–Trinajstić information content (AvgIpc) is 2.53. The molecule has 13 heavy (non-hydrogen) atoms. The second-order valence-corrected chi connectivity index (χ2v) is 3.04. The molecule has 1 aromatic rings. The quantitative estimate of drug-likeness (QED) is 0.696. The Bertz CT molecular complexity index is 452. The van der Waals surface area contributed by atoms with Crippen molar-refractivity contribution < 1.29 is 8.62 Å². The normalized spacial score (nSPS) is 14.5. The van der Waals surface area contributed by atoms with Gasteiger partial charge in [0.2, 0.25) is 0 Å². The highest BCUT2D eigenvalue weighted by Gasteiger charge is 2.20. The Morgan fingerprint density at radius 2 is 2.23 bits per heavy atom. The monoisotopic (exact) mass is 204 g/mol. The lowest BCUT2D eigenvalue weighted by Gasteiger charge is -2.01. The number of ether oxygens (including phenoxy) is 1. The van der Waals surface area contributed by atoms with Gasteiger partial charge in [-0.05, 0) is 0 Å². The van der Waals surface area contributed by atoms with Gasteiger partial charge in [-0.2, -0.15) is 0 Å². The first-order valence-electron chi connectivity index (χ1n) is 3.48. The topological polar surface area (TPSA) is 64.1 Å². The standard InChI is InChI=1S/C6H5FN2O3S/c7-13-9-4-2-12-1-3(4)5(10)8-6(9)11/h1-2H2,(H,8,10,11). The van der Waals surface area contributed by atoms with Crippen LogP contribution in [0.5, 0.6) is 0 Å². The minimum atomic E-state index is -0.762. The van der Waals surface area contributed by atoms with Crippen LogP contribution in [0, 0.1) is 0 Å². The molecule has 2 heterocycles. The molecule has 0 aliphatic carbocycles. The number of nitrogens with zero attached hydrogens (tertiary/aromatic N) is 1. The molecular formula is C6H5FN2O3S. The fourth-order valence-electron chi connectivity index (χ4n) is 1.22. The maximum Gasteiger partial charge on any atom is 0.340 e. The van der Waals surface area contributed by atoms with E-state index in [2.05, 4.69) is 0 Å². The second kappa shape index (κ2) is 3.00. The summed E-state index contributed by atoms with van der Waals surface area (Å²) in [5.41, 5.74) is -0.629. The van der Waals surface area contributed by atoms with Gasteiger partial charge >= 0.3 is 5.69 Å². The van der Waals surface area contributed by atoms with Crippen molar-refractivity contribution in [3.05, 3.63) is 32.1 Å². The van der Waals surface area contributed by atoms with E-state index in [1.165, 1.54) is 0 Å². The van der Waals surface area contributed by atoms with E-state index in [-0.39, 0.29) is 25.5 Å². The van der Waals surface area contributed by atoms with Crippen molar-refractivity contribution in [2.45, 2.75) is 13.2 Å². The molecule has 0 saturated heterocycles. The maximum atomic E-state index is 12.3. The first kappa shape index (κ1) is 8.52. The Kier molecular flexibility index (Phi) is 1.97. The predicted octanol–water partition coefficient (Wildman–Crippen LogP) is -0.0524. The smallest absolute Gasteiger partial charge is 0.340 e. The van der Waals surface area contributed by atoms with Gasteiger partial charge in [0, 0.05) is 0 Å². The van der Waals surface area contributed by atoms with Crippen LogP contribution in [0.4, 0.5) is 3.89 Å². The number of hydrogen-bond donors (Lipinski definition) is 1. The molecule has 0 unspecified atom stereocenters. The third-order valence-electron chi connectivity index (χ3n) is 1.83. The van der Waals surface area contributed by atoms with Crippen LogP contribution in [-0.4, -0.2) is 8.96 Å². The van der Waals surface area contributed by atoms with E-state index in [9.17, 15) is 13.5 Å². The minimum absolute atomic E-state index is 0.103. The van der Waals surface area contributed by atoms with Gasteiger partial charge < -0.3 is 4.74 Å². The summed E-state index contributed by atoms with van der Waals surface area (Å²) >= 11 is -0.236. The van der Waals surface area contributed by atoms with Gasteiger partial charge in [-0.1, -0.05) is 0 Å². The van der Waals surface area contributed by atoms with Crippen molar-refractivity contribution in [3.8, 4) is 0 Å². The van der Waals surface area contributed by atoms with Gasteiger partial charge in [0.25, 0.3) is 5.56 Å². The van der Waals surface area contributed by atoms with Gasteiger partial charge in [0.05, 0.1) is 24.5 Å². The molecule has 5 nitrogen and oxygen atoms in total. The van der Waals surface area contributed by atoms with Crippen molar-refractivity contribution in [1.82, 2.24) is 8.96 Å². The molecular weight excluding hydrogens is 199 g/mol. The summed E-state index contributed by atoms with van der Waals surface area (Å²) in [5, 5.41) is 0. The van der Waals surface area contributed by atoms with Crippen molar-refractivity contribution in [2.75, 3.05) is 0 Å². The zero-order chi connectivity index (χ0) is 9.42. The largest absolute Gasteiger partial charge is 0.370 e. The molecule has 0 amide bonds. The third kappa shape index (κ3) is 1.20. The fourth-order valence-corrected chi connectivity index (χ4v) is 1.57. The molecule has 1 aliphatic heterocycles. The van der Waals surface area contributed by atoms with Crippen molar-refractivity contribution in [1.29, 1.82) is 0 Å². The average molecular weight is 204 g/mol. The molecule has 0 radical (unpaired) electrons. The molecule has 0 saturated carbocycles. The lowest BCUT2D eigenvalue weighted by atomic mass is 10.3. The summed E-state index contributed by atoms with van der Waals surface area (Å²) in [4.78, 5) is 24.1. The van der Waals surface area contributed by atoms with Crippen LogP contribution in [0.3, 0.4) is 0 Å². The molecule has 0 bridgehead atoms. The number of nitrogens with one attached hydrogen (secondary N) is 1. The van der Waals surface area contributed by atoms with Gasteiger partial charge in [0.1, 0.15) is 0 Å². The predicted molar refractivity (Wildman–Crippen MR) is 43.9 cm³/mol. The van der Waals surface area contributed by atoms with E-state index in [1.807, 2.05) is 4.98 Å². The third-order valence-corrected chi connectivity index (χ3v) is 2.35. The Hall–Kier alpha value is -1.08. The Balaban J connectivity index is 2.80. The lowest BCUT2D eigenvalue weighted by molar-refractivity contribution is 0.132. The van der Waals surface area contributed by atoms with Crippen LogP contribution in [0.1, 0.15) is 11.3 Å². The Morgan fingerprint density at radius 1 is 1.46 bits per heavy atom. The molecule has 1 aliphatic rings. The SMILES string of the molecule is O=c1[nH]c(=O)n(SF)c2c1COC2. The number of hydrogen-bond acceptors (Lipinski definition) is 4. The Labute approximate surface area is 76.0 Å². The first-order chi connectivity index (χ1) is 6.24. The molecule has 0 spiro atoms. The summed E-state index contributed by atoms with van der Waals surface area (Å²) in [6.07, 6.45) is 0. The lowest BCUT2D eigenvalue weighted by Crippen LogP contribution is -2.30. The van der Waals surface area contributed by atoms with Crippen LogP contribution in [0.15, 0.2) is 9.59 Å². The maximum absolute atomic E-state index is 12.3. The molecule has 70 valence electrons. The van der Waals surface area contributed by atoms with Crippen molar-refractivity contribution in [2.24, 2.45) is 0 Å². The highest BCUT2D eigenvalue weighted by Crippen LogP contribution is 2.17. The van der Waals surface area contributed by atoms with Gasteiger partial charge in [-0.3, -0.25) is 9.78 Å². The van der Waals surface area contributed by atoms with Gasteiger partial charge in [-0.25, -0.2) is 8.77 Å². The summed E-state index contributed by atoms with van der Waals surface area (Å²) < 4.78 is 18.0. The highest BCUT2D eigenvalue weighted by atomic mass is 32.2. The van der Waals surface area contributed by atoms with E-state index < -0.39 is 11.2 Å². The molecule has 7 heteroatoms. The molecule has 0 atom stereocenters. The zero-order valence-corrected chi connectivity index (χ0v) is 7.19. The zero-order valence-electron chi connectivity index (χ0n) is 6.37. The number of aromatic nitrogens is 2. The first-order valence-corrected chi connectivity index (χ1v) is 4.15. The van der Waals surface area contributed by atoms with E-state index in [0.29, 0.717) is 11.3 Å². The molecule has 0 aromatic carbocycles. The van der Waals surface area contributed by atoms with E-state index in [4.69, 9.17) is 4.74 Å². The number of aromatic amines is 1. The highest BCUT2D eigenvalue weighted by molar-refractivity contribution is 7.92. The van der Waals surface area contributed by atoms with Crippen LogP contribution >= 0.6 is 12.3 Å². The van der Waals surface area contributed by atoms with E-state index in [0.717, 1.165) is 3.97 Å². The van der Waals surface area contributed by atoms with Crippen LogP contribution < -0.4 is 11.2 Å². The van der Waals surface area contributed by atoms with Gasteiger partial charge in [-0.15, -0.1) is 3.89 Å². The summed E-state index contributed by atoms with van der Waals surface area (Å²) in [6, 6.07) is 0. The van der Waals surface area contributed by atoms with Crippen LogP contribution in [0.2, 0.25) is 0 Å². The molecule has 0 fully saturated rings. The summed E-state index contributed by atoms with van der Waals surface area (Å²) in [7, 11) is 0. The number of rotatable bonds is 1. The Morgan fingerprint density at radius 3 is 2.92 bits per heavy atom. The molecule has 2 rings (SSSR count). The van der Waals surface area contributed by atoms with E-state index in [1.54, 1.807) is 0 Å². The second-order valence-electron chi connectivity index (χ2n) is 2.54. The summed E-state index contributed by atoms with van der Waals surface area (Å²) in [5.74, 6) is 0. The summed E-state index contributed by atoms with van der Waals surface area (Å²) in [6.45, 7) is 0.233. The molecule has 1 N–H and O–H groups in total. The fraction of sp³-hybridized carbons (Fsp3) is 0.333. The molecule has 1 aromatic heterocycles. The minimum Gasteiger partial charge on any atom is -0.370 e. The van der Waals surface area contributed by atoms with E-state index >= 15 is 0 Å². The van der Waals surface area contributed by atoms with Crippen LogP contribution in [0.25, 0.3) is 0 Å². The number of halogens is 1. The van der Waals surface area contributed by atoms with Crippen LogP contribution in [-0.2, 0) is 18.0 Å². The number of H-pyrrole nitrogens is 1. The van der Waals surface area contributed by atoms with Gasteiger partial charge in [0.15, 0.2) is 12.3 Å². The number of fused-ring (bicyclic) bond motifs is 1. The van der Waals surface area contributed by atoms with Crippen molar-refractivity contribution in [3.63, 3.8) is 0 Å². The van der Waals surface area contributed by atoms with Crippen molar-refractivity contribution >= 4 is 12.3 Å².